The van der Waals surface area contributed by atoms with E-state index < -0.39 is 21.8 Å². The van der Waals surface area contributed by atoms with Gasteiger partial charge in [0.2, 0.25) is 0 Å². The summed E-state index contributed by atoms with van der Waals surface area (Å²) in [6, 6.07) is 9.57. The third-order valence-electron chi connectivity index (χ3n) is 1.56. The van der Waals surface area contributed by atoms with E-state index in [9.17, 15) is 4.79 Å². The fourth-order valence-corrected chi connectivity index (χ4v) is 3.95. The summed E-state index contributed by atoms with van der Waals surface area (Å²) in [4.78, 5) is 11.5. The maximum absolute atomic E-state index is 11.5. The summed E-state index contributed by atoms with van der Waals surface area (Å²) in [5.41, 5.74) is 0.876. The van der Waals surface area contributed by atoms with E-state index in [2.05, 4.69) is 9.26 Å². The van der Waals surface area contributed by atoms with Crippen LogP contribution in [-0.4, -0.2) is 27.5 Å². The minimum absolute atomic E-state index is 0.332. The van der Waals surface area contributed by atoms with Gasteiger partial charge in [0.15, 0.2) is 0 Å². The van der Waals surface area contributed by atoms with E-state index in [1.807, 2.05) is 30.3 Å². The molecule has 1 aromatic carbocycles. The van der Waals surface area contributed by atoms with Gasteiger partial charge in [0, 0.05) is 0 Å². The summed E-state index contributed by atoms with van der Waals surface area (Å²) in [7, 11) is 0. The summed E-state index contributed by atoms with van der Waals surface area (Å²) in [6.45, 7) is 0. The van der Waals surface area contributed by atoms with Gasteiger partial charge < -0.3 is 0 Å². The first kappa shape index (κ1) is 9.86. The van der Waals surface area contributed by atoms with E-state index in [1.165, 1.54) is 0 Å². The van der Waals surface area contributed by atoms with Crippen molar-refractivity contribution in [1.82, 2.24) is 0 Å². The normalized spacial score (nSPS) is 10.2. The van der Waals surface area contributed by atoms with E-state index in [0.29, 0.717) is 5.78 Å². The van der Waals surface area contributed by atoms with Crippen LogP contribution in [0.3, 0.4) is 0 Å². The van der Waals surface area contributed by atoms with Crippen LogP contribution in [0.2, 0.25) is 13.4 Å². The molecule has 0 N–H and O–H groups in total. The molecule has 0 amide bonds. The monoisotopic (exact) mass is 358 g/mol. The van der Waals surface area contributed by atoms with Crippen molar-refractivity contribution in [2.24, 2.45) is 0 Å². The Morgan fingerprint density at radius 3 is 2.33 bits per heavy atom. The fraction of sp³-hybridized carbons (Fsp3) is 0.300. The van der Waals surface area contributed by atoms with Crippen molar-refractivity contribution in [3.8, 4) is 0 Å². The summed E-state index contributed by atoms with van der Waals surface area (Å²) in [5.74, 6) is 0.332. The van der Waals surface area contributed by atoms with Crippen LogP contribution in [0.5, 0.6) is 0 Å². The van der Waals surface area contributed by atoms with Crippen molar-refractivity contribution in [2.75, 3.05) is 0 Å². The first-order chi connectivity index (χ1) is 5.70. The molecular formula is C10H13BiO. The molecule has 0 heterocycles. The van der Waals surface area contributed by atoms with Crippen molar-refractivity contribution in [1.29, 1.82) is 0 Å². The van der Waals surface area contributed by atoms with Crippen LogP contribution in [0.4, 0.5) is 0 Å². The van der Waals surface area contributed by atoms with Gasteiger partial charge in [0.1, 0.15) is 0 Å². The van der Waals surface area contributed by atoms with Gasteiger partial charge in [-0.3, -0.25) is 0 Å². The Bertz CT molecular complexity index is 254. The number of rotatable bonds is 3. The molecule has 0 aromatic heterocycles. The fourth-order valence-electron chi connectivity index (χ4n) is 1.00. The second-order valence-electron chi connectivity index (χ2n) is 3.03. The molecule has 0 unspecified atom stereocenters. The number of hydrogen-bond acceptors (Lipinski definition) is 1. The molecule has 1 rings (SSSR count). The summed E-state index contributed by atoms with van der Waals surface area (Å²) < 4.78 is 5.37. The van der Waals surface area contributed by atoms with Gasteiger partial charge in [-0.15, -0.1) is 0 Å². The molecule has 0 aliphatic heterocycles. The predicted octanol–water partition coefficient (Wildman–Crippen LogP) is 2.62. The third-order valence-corrected chi connectivity index (χ3v) is 5.13. The second-order valence-corrected chi connectivity index (χ2v) is 12.7. The van der Waals surface area contributed by atoms with Gasteiger partial charge in [-0.1, -0.05) is 0 Å². The van der Waals surface area contributed by atoms with Gasteiger partial charge in [-0.05, 0) is 0 Å². The summed E-state index contributed by atoms with van der Waals surface area (Å²) in [5, 5.41) is 0. The van der Waals surface area contributed by atoms with Crippen LogP contribution < -0.4 is 0 Å². The van der Waals surface area contributed by atoms with Gasteiger partial charge in [-0.2, -0.15) is 0 Å². The van der Waals surface area contributed by atoms with Crippen molar-refractivity contribution < 1.29 is 4.79 Å². The van der Waals surface area contributed by atoms with E-state index in [-0.39, 0.29) is 0 Å². The summed E-state index contributed by atoms with van der Waals surface area (Å²) >= 11 is -1.30. The molecule has 0 aliphatic rings. The zero-order chi connectivity index (χ0) is 8.97. The van der Waals surface area contributed by atoms with Gasteiger partial charge in [0.25, 0.3) is 0 Å². The number of hydrogen-bond donors (Lipinski definition) is 0. The molecule has 0 spiro atoms. The Hall–Kier alpha value is -0.227. The van der Waals surface area contributed by atoms with Crippen molar-refractivity contribution >= 4 is 27.5 Å². The Balaban J connectivity index is 2.66. The molecule has 0 fully saturated rings. The average Bonchev–Trinajstić information content (AvgIpc) is 2.05. The first-order valence-electron chi connectivity index (χ1n) is 3.93. The topological polar surface area (TPSA) is 17.1 Å². The van der Waals surface area contributed by atoms with Crippen molar-refractivity contribution in [2.45, 2.75) is 13.4 Å². The van der Waals surface area contributed by atoms with Crippen molar-refractivity contribution in [3.05, 3.63) is 35.9 Å². The Labute approximate surface area is 81.5 Å². The van der Waals surface area contributed by atoms with Gasteiger partial charge in [0.05, 0.1) is 0 Å². The third kappa shape index (κ3) is 3.02. The zero-order valence-corrected chi connectivity index (χ0v) is 10.9. The molecule has 0 atom stereocenters. The maximum atomic E-state index is 11.5. The molecule has 1 nitrogen and oxygen atoms in total. The van der Waals surface area contributed by atoms with E-state index in [0.717, 1.165) is 9.69 Å². The molecule has 0 saturated carbocycles. The molecule has 0 bridgehead atoms. The van der Waals surface area contributed by atoms with Crippen LogP contribution in [0.1, 0.15) is 10.4 Å². The number of ketones is 1. The number of Topliss-reactive ketones (excluding diaryl/α,β-unsaturated/α-hetero) is 1. The molecule has 0 radical (unpaired) electrons. The second kappa shape index (κ2) is 4.71. The van der Waals surface area contributed by atoms with Crippen LogP contribution >= 0.6 is 0 Å². The summed E-state index contributed by atoms with van der Waals surface area (Å²) in [6.07, 6.45) is 0. The van der Waals surface area contributed by atoms with E-state index in [1.54, 1.807) is 0 Å². The Morgan fingerprint density at radius 2 is 1.83 bits per heavy atom. The number of carbonyl (C=O) groups excluding carboxylic acids is 1. The molecular weight excluding hydrogens is 345 g/mol. The SMILES string of the molecule is [CH3][Bi]([CH3])[CH2]C(=O)c1ccccc1. The quantitative estimate of drug-likeness (QED) is 0.600. The Morgan fingerprint density at radius 1 is 1.25 bits per heavy atom. The predicted molar refractivity (Wildman–Crippen MR) is 53.1 cm³/mol. The van der Waals surface area contributed by atoms with E-state index in [4.69, 9.17) is 0 Å². The molecule has 0 saturated heterocycles. The van der Waals surface area contributed by atoms with Gasteiger partial charge in [-0.25, -0.2) is 0 Å². The Kier molecular flexibility index (Phi) is 3.87. The van der Waals surface area contributed by atoms with Gasteiger partial charge >= 0.3 is 81.6 Å². The molecule has 1 aromatic rings. The van der Waals surface area contributed by atoms with Crippen molar-refractivity contribution in [3.63, 3.8) is 0 Å². The molecule has 0 aliphatic carbocycles. The van der Waals surface area contributed by atoms with Crippen LogP contribution in [0.25, 0.3) is 0 Å². The van der Waals surface area contributed by atoms with E-state index >= 15 is 0 Å². The first-order valence-corrected chi connectivity index (χ1v) is 13.3. The molecule has 12 heavy (non-hydrogen) atoms. The molecule has 64 valence electrons. The zero-order valence-electron chi connectivity index (χ0n) is 7.45. The average molecular weight is 358 g/mol. The van der Waals surface area contributed by atoms with Crippen LogP contribution in [0, 0.1) is 0 Å². The number of benzene rings is 1. The number of carbonyl (C=O) groups is 1. The standard InChI is InChI=1S/C8H7O.2CH3.Bi/c1-7(9)8-5-3-2-4-6-8;;;/h2-6H,1H2;2*1H3;. The molecule has 2 heteroatoms. The van der Waals surface area contributed by atoms with Crippen LogP contribution in [0.15, 0.2) is 30.3 Å². The minimum atomic E-state index is -1.30. The van der Waals surface area contributed by atoms with Crippen LogP contribution in [-0.2, 0) is 0 Å².